The van der Waals surface area contributed by atoms with Gasteiger partial charge in [0.2, 0.25) is 5.95 Å². The van der Waals surface area contributed by atoms with Crippen LogP contribution < -0.4 is 5.32 Å². The van der Waals surface area contributed by atoms with E-state index in [1.54, 1.807) is 18.0 Å². The van der Waals surface area contributed by atoms with Crippen LogP contribution in [0, 0.1) is 6.92 Å². The molecule has 0 aliphatic heterocycles. The van der Waals surface area contributed by atoms with E-state index in [0.29, 0.717) is 5.95 Å². The SMILES string of the molecule is CSC[C@H](CCO)Nc1nccc(C)n1. The van der Waals surface area contributed by atoms with E-state index in [1.165, 1.54) is 0 Å². The molecule has 4 nitrogen and oxygen atoms in total. The van der Waals surface area contributed by atoms with E-state index in [-0.39, 0.29) is 12.6 Å². The maximum absolute atomic E-state index is 8.91. The smallest absolute Gasteiger partial charge is 0.223 e. The Balaban J connectivity index is 2.56. The topological polar surface area (TPSA) is 58.0 Å². The Kier molecular flexibility index (Phi) is 5.42. The van der Waals surface area contributed by atoms with E-state index >= 15 is 0 Å². The lowest BCUT2D eigenvalue weighted by Gasteiger charge is -2.16. The van der Waals surface area contributed by atoms with Crippen molar-refractivity contribution in [3.05, 3.63) is 18.0 Å². The van der Waals surface area contributed by atoms with Crippen LogP contribution in [0.4, 0.5) is 5.95 Å². The minimum atomic E-state index is 0.185. The monoisotopic (exact) mass is 227 g/mol. The summed E-state index contributed by atoms with van der Waals surface area (Å²) in [6.45, 7) is 2.12. The van der Waals surface area contributed by atoms with E-state index < -0.39 is 0 Å². The summed E-state index contributed by atoms with van der Waals surface area (Å²) in [5, 5.41) is 12.1. The molecule has 0 aliphatic carbocycles. The van der Waals surface area contributed by atoms with Crippen LogP contribution in [-0.4, -0.2) is 39.7 Å². The van der Waals surface area contributed by atoms with Crippen LogP contribution in [0.5, 0.6) is 0 Å². The fraction of sp³-hybridized carbons (Fsp3) is 0.600. The molecule has 1 aromatic heterocycles. The lowest BCUT2D eigenvalue weighted by molar-refractivity contribution is 0.282. The highest BCUT2D eigenvalue weighted by atomic mass is 32.2. The molecular formula is C10H17N3OS. The van der Waals surface area contributed by atoms with Crippen molar-refractivity contribution in [2.75, 3.05) is 23.9 Å². The molecule has 15 heavy (non-hydrogen) atoms. The molecule has 0 spiro atoms. The molecule has 0 unspecified atom stereocenters. The van der Waals surface area contributed by atoms with Gasteiger partial charge < -0.3 is 10.4 Å². The van der Waals surface area contributed by atoms with Crippen molar-refractivity contribution < 1.29 is 5.11 Å². The molecule has 0 radical (unpaired) electrons. The zero-order chi connectivity index (χ0) is 11.1. The Labute approximate surface area is 94.5 Å². The van der Waals surface area contributed by atoms with Crippen molar-refractivity contribution in [1.82, 2.24) is 9.97 Å². The predicted molar refractivity (Wildman–Crippen MR) is 64.3 cm³/mol. The first-order valence-electron chi connectivity index (χ1n) is 4.92. The molecule has 1 aromatic rings. The van der Waals surface area contributed by atoms with Crippen LogP contribution in [0.3, 0.4) is 0 Å². The molecule has 0 aliphatic rings. The number of hydrogen-bond acceptors (Lipinski definition) is 5. The van der Waals surface area contributed by atoms with Crippen LogP contribution in [0.25, 0.3) is 0 Å². The van der Waals surface area contributed by atoms with Gasteiger partial charge in [0.05, 0.1) is 0 Å². The highest BCUT2D eigenvalue weighted by Crippen LogP contribution is 2.08. The summed E-state index contributed by atoms with van der Waals surface area (Å²) < 4.78 is 0. The minimum absolute atomic E-state index is 0.185. The quantitative estimate of drug-likeness (QED) is 0.767. The second-order valence-electron chi connectivity index (χ2n) is 3.33. The molecule has 84 valence electrons. The molecule has 2 N–H and O–H groups in total. The molecule has 1 rings (SSSR count). The first-order valence-corrected chi connectivity index (χ1v) is 6.31. The molecule has 1 atom stereocenters. The van der Waals surface area contributed by atoms with Crippen LogP contribution >= 0.6 is 11.8 Å². The Morgan fingerprint density at radius 1 is 1.60 bits per heavy atom. The molecule has 0 bridgehead atoms. The normalized spacial score (nSPS) is 12.5. The number of rotatable bonds is 6. The van der Waals surface area contributed by atoms with E-state index in [9.17, 15) is 0 Å². The van der Waals surface area contributed by atoms with Gasteiger partial charge in [0.15, 0.2) is 0 Å². The van der Waals surface area contributed by atoms with E-state index in [2.05, 4.69) is 15.3 Å². The second-order valence-corrected chi connectivity index (χ2v) is 4.24. The van der Waals surface area contributed by atoms with Crippen LogP contribution in [0.1, 0.15) is 12.1 Å². The van der Waals surface area contributed by atoms with Crippen molar-refractivity contribution in [3.8, 4) is 0 Å². The van der Waals surface area contributed by atoms with E-state index in [1.807, 2.05) is 19.2 Å². The number of nitrogens with one attached hydrogen (secondary N) is 1. The summed E-state index contributed by atoms with van der Waals surface area (Å²) in [5.74, 6) is 1.58. The zero-order valence-corrected chi connectivity index (χ0v) is 9.92. The van der Waals surface area contributed by atoms with Crippen molar-refractivity contribution >= 4 is 17.7 Å². The molecule has 1 heterocycles. The number of thioether (sulfide) groups is 1. The summed E-state index contributed by atoms with van der Waals surface area (Å²) in [6.07, 6.45) is 4.50. The summed E-state index contributed by atoms with van der Waals surface area (Å²) in [6, 6.07) is 2.09. The lowest BCUT2D eigenvalue weighted by atomic mass is 10.2. The van der Waals surface area contributed by atoms with Crippen LogP contribution in [0.2, 0.25) is 0 Å². The van der Waals surface area contributed by atoms with Gasteiger partial charge in [-0.15, -0.1) is 0 Å². The van der Waals surface area contributed by atoms with Gasteiger partial charge in [-0.3, -0.25) is 0 Å². The van der Waals surface area contributed by atoms with Gasteiger partial charge in [-0.1, -0.05) is 0 Å². The van der Waals surface area contributed by atoms with Crippen molar-refractivity contribution in [3.63, 3.8) is 0 Å². The predicted octanol–water partition coefficient (Wildman–Crippen LogP) is 1.31. The van der Waals surface area contributed by atoms with E-state index in [0.717, 1.165) is 17.9 Å². The molecule has 0 saturated carbocycles. The van der Waals surface area contributed by atoms with Crippen LogP contribution in [0.15, 0.2) is 12.3 Å². The Bertz CT molecular complexity index is 290. The summed E-state index contributed by atoms with van der Waals surface area (Å²) >= 11 is 1.74. The molecule has 0 saturated heterocycles. The number of aromatic nitrogens is 2. The Hall–Kier alpha value is -0.810. The lowest BCUT2D eigenvalue weighted by Crippen LogP contribution is -2.24. The third kappa shape index (κ3) is 4.48. The van der Waals surface area contributed by atoms with E-state index in [4.69, 9.17) is 5.11 Å². The highest BCUT2D eigenvalue weighted by Gasteiger charge is 2.08. The third-order valence-corrected chi connectivity index (χ3v) is 2.71. The van der Waals surface area contributed by atoms with Crippen molar-refractivity contribution in [2.24, 2.45) is 0 Å². The molecule has 0 fully saturated rings. The number of hydrogen-bond donors (Lipinski definition) is 2. The molecule has 5 heteroatoms. The minimum Gasteiger partial charge on any atom is -0.396 e. The number of aliphatic hydroxyl groups is 1. The number of aryl methyl sites for hydroxylation is 1. The maximum atomic E-state index is 8.91. The summed E-state index contributed by atoms with van der Waals surface area (Å²) in [5.41, 5.74) is 0.944. The van der Waals surface area contributed by atoms with Gasteiger partial charge in [0, 0.05) is 30.3 Å². The Morgan fingerprint density at radius 3 is 3.00 bits per heavy atom. The first kappa shape index (κ1) is 12.3. The average molecular weight is 227 g/mol. The largest absolute Gasteiger partial charge is 0.396 e. The average Bonchev–Trinajstić information content (AvgIpc) is 2.18. The Morgan fingerprint density at radius 2 is 2.40 bits per heavy atom. The molecule has 0 aromatic carbocycles. The van der Waals surface area contributed by atoms with Gasteiger partial charge in [0.1, 0.15) is 0 Å². The molecule has 0 amide bonds. The third-order valence-electron chi connectivity index (χ3n) is 1.97. The fourth-order valence-electron chi connectivity index (χ4n) is 1.26. The van der Waals surface area contributed by atoms with Crippen LogP contribution in [-0.2, 0) is 0 Å². The summed E-state index contributed by atoms with van der Waals surface area (Å²) in [7, 11) is 0. The van der Waals surface area contributed by atoms with Crippen molar-refractivity contribution in [2.45, 2.75) is 19.4 Å². The van der Waals surface area contributed by atoms with Gasteiger partial charge in [-0.2, -0.15) is 11.8 Å². The maximum Gasteiger partial charge on any atom is 0.223 e. The highest BCUT2D eigenvalue weighted by molar-refractivity contribution is 7.98. The van der Waals surface area contributed by atoms with Gasteiger partial charge in [-0.05, 0) is 25.7 Å². The summed E-state index contributed by atoms with van der Waals surface area (Å²) in [4.78, 5) is 8.40. The second kappa shape index (κ2) is 6.63. The van der Waals surface area contributed by atoms with Crippen molar-refractivity contribution in [1.29, 1.82) is 0 Å². The van der Waals surface area contributed by atoms with Gasteiger partial charge in [0.25, 0.3) is 0 Å². The zero-order valence-electron chi connectivity index (χ0n) is 9.10. The standard InChI is InChI=1S/C10H17N3OS/c1-8-3-5-11-10(12-8)13-9(4-6-14)7-15-2/h3,5,9,14H,4,6-7H2,1-2H3,(H,11,12,13)/t9-/m0/s1. The number of nitrogens with zero attached hydrogens (tertiary/aromatic N) is 2. The fourth-order valence-corrected chi connectivity index (χ4v) is 1.91. The first-order chi connectivity index (χ1) is 7.26. The number of aliphatic hydroxyl groups excluding tert-OH is 1. The molecular weight excluding hydrogens is 210 g/mol. The number of anilines is 1. The van der Waals surface area contributed by atoms with Gasteiger partial charge >= 0.3 is 0 Å². The van der Waals surface area contributed by atoms with Gasteiger partial charge in [-0.25, -0.2) is 9.97 Å².